The molecule has 0 radical (unpaired) electrons. The Bertz CT molecular complexity index is 735. The van der Waals surface area contributed by atoms with E-state index < -0.39 is 0 Å². The number of nitrogens with zero attached hydrogens (tertiary/aromatic N) is 3. The van der Waals surface area contributed by atoms with E-state index in [4.69, 9.17) is 0 Å². The predicted octanol–water partition coefficient (Wildman–Crippen LogP) is 3.26. The number of thiazole rings is 1. The van der Waals surface area contributed by atoms with Crippen molar-refractivity contribution in [2.45, 2.75) is 33.7 Å². The van der Waals surface area contributed by atoms with Gasteiger partial charge in [0.2, 0.25) is 0 Å². The lowest BCUT2D eigenvalue weighted by atomic mass is 10.2. The number of rotatable bonds is 7. The summed E-state index contributed by atoms with van der Waals surface area (Å²) >= 11 is 1.74. The highest BCUT2D eigenvalue weighted by Gasteiger charge is 2.06. The molecule has 0 aliphatic rings. The Morgan fingerprint density at radius 1 is 1.27 bits per heavy atom. The Labute approximate surface area is 159 Å². The summed E-state index contributed by atoms with van der Waals surface area (Å²) in [4.78, 5) is 12.1. The molecule has 2 aromatic rings. The van der Waals surface area contributed by atoms with Gasteiger partial charge in [-0.05, 0) is 38.5 Å². The molecule has 2 N–H and O–H groups in total. The van der Waals surface area contributed by atoms with Crippen LogP contribution in [0.1, 0.15) is 28.1 Å². The fourth-order valence-corrected chi connectivity index (χ4v) is 3.39. The smallest absolute Gasteiger partial charge is 0.191 e. The van der Waals surface area contributed by atoms with E-state index in [1.54, 1.807) is 28.4 Å². The number of nitrogens with one attached hydrogen (secondary N) is 2. The molecule has 0 bridgehead atoms. The first-order chi connectivity index (χ1) is 12.4. The van der Waals surface area contributed by atoms with Gasteiger partial charge in [-0.2, -0.15) is 0 Å². The van der Waals surface area contributed by atoms with Crippen molar-refractivity contribution in [1.29, 1.82) is 0 Å². The van der Waals surface area contributed by atoms with Crippen LogP contribution in [0, 0.1) is 19.7 Å². The fraction of sp³-hybridized carbons (Fsp3) is 0.474. The summed E-state index contributed by atoms with van der Waals surface area (Å²) in [6, 6.07) is 5.24. The summed E-state index contributed by atoms with van der Waals surface area (Å²) in [5.74, 6) is 0.504. The van der Waals surface area contributed by atoms with Crippen LogP contribution in [-0.2, 0) is 13.0 Å². The third-order valence-corrected chi connectivity index (χ3v) is 5.09. The maximum atomic E-state index is 14.1. The van der Waals surface area contributed by atoms with Crippen molar-refractivity contribution in [2.75, 3.05) is 32.1 Å². The minimum atomic E-state index is -0.227. The molecule has 0 aliphatic heterocycles. The van der Waals surface area contributed by atoms with E-state index in [0.717, 1.165) is 41.7 Å². The molecule has 1 aromatic heterocycles. The van der Waals surface area contributed by atoms with Crippen molar-refractivity contribution in [2.24, 2.45) is 4.99 Å². The van der Waals surface area contributed by atoms with Gasteiger partial charge in [0.25, 0.3) is 0 Å². The molecule has 0 aliphatic carbocycles. The van der Waals surface area contributed by atoms with Crippen molar-refractivity contribution in [3.05, 3.63) is 45.2 Å². The van der Waals surface area contributed by atoms with Crippen molar-refractivity contribution in [3.63, 3.8) is 0 Å². The predicted molar refractivity (Wildman–Crippen MR) is 109 cm³/mol. The van der Waals surface area contributed by atoms with Crippen LogP contribution in [0.3, 0.4) is 0 Å². The topological polar surface area (TPSA) is 52.6 Å². The van der Waals surface area contributed by atoms with E-state index in [-0.39, 0.29) is 5.82 Å². The molecule has 0 unspecified atom stereocenters. The fourth-order valence-electron chi connectivity index (χ4n) is 2.46. The van der Waals surface area contributed by atoms with Gasteiger partial charge in [-0.3, -0.25) is 0 Å². The number of aliphatic imine (C=N–C) groups is 1. The largest absolute Gasteiger partial charge is 0.375 e. The second-order valence-corrected chi connectivity index (χ2v) is 7.59. The zero-order chi connectivity index (χ0) is 19.1. The molecule has 26 heavy (non-hydrogen) atoms. The van der Waals surface area contributed by atoms with Crippen molar-refractivity contribution in [3.8, 4) is 0 Å². The van der Waals surface area contributed by atoms with Gasteiger partial charge in [-0.25, -0.2) is 14.4 Å². The highest BCUT2D eigenvalue weighted by atomic mass is 32.1. The number of hydrogen-bond donors (Lipinski definition) is 2. The van der Waals surface area contributed by atoms with E-state index in [2.05, 4.69) is 27.5 Å². The maximum Gasteiger partial charge on any atom is 0.191 e. The lowest BCUT2D eigenvalue weighted by Gasteiger charge is -2.14. The molecule has 0 saturated heterocycles. The molecule has 2 rings (SSSR count). The van der Waals surface area contributed by atoms with E-state index >= 15 is 0 Å². The molecule has 0 saturated carbocycles. The average molecular weight is 378 g/mol. The summed E-state index contributed by atoms with van der Waals surface area (Å²) in [6.07, 6.45) is 0.857. The van der Waals surface area contributed by atoms with Gasteiger partial charge in [0.15, 0.2) is 5.96 Å². The zero-order valence-corrected chi connectivity index (χ0v) is 17.0. The monoisotopic (exact) mass is 377 g/mol. The van der Waals surface area contributed by atoms with Crippen LogP contribution in [-0.4, -0.2) is 38.1 Å². The number of halogens is 1. The Morgan fingerprint density at radius 3 is 2.62 bits per heavy atom. The first-order valence-electron chi connectivity index (χ1n) is 8.81. The van der Waals surface area contributed by atoms with Crippen LogP contribution < -0.4 is 15.5 Å². The van der Waals surface area contributed by atoms with Gasteiger partial charge in [0, 0.05) is 38.5 Å². The van der Waals surface area contributed by atoms with Crippen LogP contribution in [0.5, 0.6) is 0 Å². The van der Waals surface area contributed by atoms with Crippen LogP contribution in [0.25, 0.3) is 0 Å². The van der Waals surface area contributed by atoms with Crippen molar-refractivity contribution < 1.29 is 4.39 Å². The lowest BCUT2D eigenvalue weighted by molar-refractivity contribution is 0.624. The van der Waals surface area contributed by atoms with Crippen LogP contribution in [0.4, 0.5) is 10.1 Å². The second kappa shape index (κ2) is 9.52. The van der Waals surface area contributed by atoms with Crippen molar-refractivity contribution in [1.82, 2.24) is 15.6 Å². The quantitative estimate of drug-likeness (QED) is 0.574. The number of aromatic nitrogens is 1. The number of anilines is 1. The molecular weight excluding hydrogens is 349 g/mol. The Hall–Kier alpha value is -2.15. The zero-order valence-electron chi connectivity index (χ0n) is 16.2. The Morgan fingerprint density at radius 2 is 2.04 bits per heavy atom. The highest BCUT2D eigenvalue weighted by Crippen LogP contribution is 2.19. The van der Waals surface area contributed by atoms with E-state index in [9.17, 15) is 4.39 Å². The minimum Gasteiger partial charge on any atom is -0.375 e. The Kier molecular flexibility index (Phi) is 7.38. The molecule has 1 heterocycles. The second-order valence-electron chi connectivity index (χ2n) is 6.30. The molecule has 0 spiro atoms. The average Bonchev–Trinajstić information content (AvgIpc) is 2.90. The van der Waals surface area contributed by atoms with Gasteiger partial charge in [0.1, 0.15) is 5.82 Å². The number of hydrogen-bond acceptors (Lipinski definition) is 4. The van der Waals surface area contributed by atoms with E-state index in [1.165, 1.54) is 4.88 Å². The van der Waals surface area contributed by atoms with E-state index in [1.807, 2.05) is 34.0 Å². The molecule has 0 amide bonds. The van der Waals surface area contributed by atoms with Gasteiger partial charge >= 0.3 is 0 Å². The summed E-state index contributed by atoms with van der Waals surface area (Å²) < 4.78 is 14.1. The lowest BCUT2D eigenvalue weighted by Crippen LogP contribution is -2.38. The summed E-state index contributed by atoms with van der Waals surface area (Å²) in [5.41, 5.74) is 2.53. The van der Waals surface area contributed by atoms with Crippen LogP contribution in [0.15, 0.2) is 23.2 Å². The van der Waals surface area contributed by atoms with E-state index in [0.29, 0.717) is 12.2 Å². The van der Waals surface area contributed by atoms with Crippen LogP contribution >= 0.6 is 11.3 Å². The highest BCUT2D eigenvalue weighted by molar-refractivity contribution is 7.11. The normalized spacial score (nSPS) is 11.5. The molecule has 142 valence electrons. The summed E-state index contributed by atoms with van der Waals surface area (Å²) in [7, 11) is 3.66. The first-order valence-corrected chi connectivity index (χ1v) is 9.63. The maximum absolute atomic E-state index is 14.1. The number of aryl methyl sites for hydroxylation is 2. The summed E-state index contributed by atoms with van der Waals surface area (Å²) in [5, 5.41) is 7.67. The Balaban J connectivity index is 1.94. The third-order valence-electron chi connectivity index (χ3n) is 3.96. The standard InChI is InChI=1S/C19H28FN5S/c1-6-21-19(22-10-9-18-24-13(2)14(3)26-18)23-12-15-7-8-17(25(4)5)16(20)11-15/h7-8,11H,6,9-10,12H2,1-5H3,(H2,21,22,23). The van der Waals surface area contributed by atoms with Crippen molar-refractivity contribution >= 4 is 23.0 Å². The molecule has 0 atom stereocenters. The van der Waals surface area contributed by atoms with Gasteiger partial charge in [-0.15, -0.1) is 11.3 Å². The summed E-state index contributed by atoms with van der Waals surface area (Å²) in [6.45, 7) is 8.11. The SMILES string of the molecule is CCNC(=NCc1ccc(N(C)C)c(F)c1)NCCc1nc(C)c(C)s1. The first kappa shape index (κ1) is 20.2. The molecule has 5 nitrogen and oxygen atoms in total. The minimum absolute atomic E-state index is 0.227. The number of benzene rings is 1. The molecule has 1 aromatic carbocycles. The van der Waals surface area contributed by atoms with Gasteiger partial charge < -0.3 is 15.5 Å². The van der Waals surface area contributed by atoms with Gasteiger partial charge in [-0.1, -0.05) is 6.07 Å². The van der Waals surface area contributed by atoms with Crippen LogP contribution in [0.2, 0.25) is 0 Å². The molecular formula is C19H28FN5S. The number of guanidine groups is 1. The van der Waals surface area contributed by atoms with Gasteiger partial charge in [0.05, 0.1) is 22.9 Å². The molecule has 0 fully saturated rings. The third kappa shape index (κ3) is 5.69. The molecule has 7 heteroatoms.